The van der Waals surface area contributed by atoms with Crippen molar-refractivity contribution in [3.8, 4) is 11.1 Å². The number of rotatable bonds is 3. The third kappa shape index (κ3) is 3.17. The Morgan fingerprint density at radius 1 is 1.27 bits per heavy atom. The number of benzene rings is 1. The molecule has 1 N–H and O–H groups in total. The lowest BCUT2D eigenvalue weighted by atomic mass is 9.93. The molecule has 4 nitrogen and oxygen atoms in total. The van der Waals surface area contributed by atoms with Crippen LogP contribution in [0, 0.1) is 0 Å². The second-order valence-electron chi connectivity index (χ2n) is 5.96. The number of likely N-dealkylation sites (N-methyl/N-ethyl adjacent to an activating group) is 1. The largest absolute Gasteiger partial charge is 0.478 e. The fraction of sp³-hybridized carbons (Fsp3) is 0.333. The van der Waals surface area contributed by atoms with Gasteiger partial charge in [0.2, 0.25) is 0 Å². The van der Waals surface area contributed by atoms with Gasteiger partial charge in [0.1, 0.15) is 0 Å². The number of piperidine rings is 1. The molecule has 1 aromatic carbocycles. The van der Waals surface area contributed by atoms with E-state index in [1.807, 2.05) is 18.3 Å². The second kappa shape index (κ2) is 6.28. The molecule has 0 saturated carbocycles. The lowest BCUT2D eigenvalue weighted by Gasteiger charge is -2.29. The molecule has 22 heavy (non-hydrogen) atoms. The predicted octanol–water partition coefficient (Wildman–Crippen LogP) is 3.26. The molecule has 2 aromatic rings. The summed E-state index contributed by atoms with van der Waals surface area (Å²) in [5, 5.41) is 9.13. The Kier molecular flexibility index (Phi) is 4.20. The van der Waals surface area contributed by atoms with Gasteiger partial charge >= 0.3 is 5.97 Å². The zero-order valence-corrected chi connectivity index (χ0v) is 12.7. The molecule has 1 atom stereocenters. The Morgan fingerprint density at radius 2 is 2.09 bits per heavy atom. The molecule has 0 unspecified atom stereocenters. The van der Waals surface area contributed by atoms with Gasteiger partial charge < -0.3 is 10.0 Å². The smallest absolute Gasteiger partial charge is 0.335 e. The third-order valence-electron chi connectivity index (χ3n) is 4.27. The molecule has 3 rings (SSSR count). The molecule has 0 aliphatic carbocycles. The summed E-state index contributed by atoms with van der Waals surface area (Å²) in [4.78, 5) is 18.0. The summed E-state index contributed by atoms with van der Waals surface area (Å²) < 4.78 is 0. The molecule has 1 aliphatic rings. The standard InChI is InChI=1S/C18H20N2O2/c1-20-9-3-6-16(12-20)17-11-14(7-8-19-17)13-4-2-5-15(10-13)18(21)22/h2,4-5,7-8,10-11,16H,3,6,9,12H2,1H3,(H,21,22)/t16-/m0/s1. The predicted molar refractivity (Wildman–Crippen MR) is 86.1 cm³/mol. The third-order valence-corrected chi connectivity index (χ3v) is 4.27. The quantitative estimate of drug-likeness (QED) is 0.944. The first kappa shape index (κ1) is 14.7. The van der Waals surface area contributed by atoms with Crippen LogP contribution in [-0.2, 0) is 0 Å². The number of nitrogens with zero attached hydrogens (tertiary/aromatic N) is 2. The first-order valence-corrected chi connectivity index (χ1v) is 7.62. The van der Waals surface area contributed by atoms with E-state index in [1.54, 1.807) is 18.2 Å². The van der Waals surface area contributed by atoms with Gasteiger partial charge in [0, 0.05) is 24.4 Å². The van der Waals surface area contributed by atoms with Crippen LogP contribution in [0.2, 0.25) is 0 Å². The highest BCUT2D eigenvalue weighted by Crippen LogP contribution is 2.28. The molecule has 2 heterocycles. The normalized spacial score (nSPS) is 19.0. The number of likely N-dealkylation sites (tertiary alicyclic amines) is 1. The SMILES string of the molecule is CN1CCC[C@H](c2cc(-c3cccc(C(=O)O)c3)ccn2)C1. The molecule has 1 fully saturated rings. The molecule has 0 bridgehead atoms. The highest BCUT2D eigenvalue weighted by atomic mass is 16.4. The summed E-state index contributed by atoms with van der Waals surface area (Å²) in [6, 6.07) is 11.1. The average Bonchev–Trinajstić information content (AvgIpc) is 2.55. The van der Waals surface area contributed by atoms with Crippen LogP contribution in [0.4, 0.5) is 0 Å². The summed E-state index contributed by atoms with van der Waals surface area (Å²) in [6.45, 7) is 2.18. The van der Waals surface area contributed by atoms with E-state index in [2.05, 4.69) is 23.0 Å². The van der Waals surface area contributed by atoms with Gasteiger partial charge in [-0.1, -0.05) is 12.1 Å². The Bertz CT molecular complexity index is 684. The van der Waals surface area contributed by atoms with Gasteiger partial charge in [-0.2, -0.15) is 0 Å². The number of aromatic carboxylic acids is 1. The lowest BCUT2D eigenvalue weighted by molar-refractivity contribution is 0.0697. The highest BCUT2D eigenvalue weighted by molar-refractivity contribution is 5.89. The van der Waals surface area contributed by atoms with Gasteiger partial charge in [-0.15, -0.1) is 0 Å². The van der Waals surface area contributed by atoms with E-state index in [-0.39, 0.29) is 0 Å². The number of hydrogen-bond acceptors (Lipinski definition) is 3. The van der Waals surface area contributed by atoms with Crippen molar-refractivity contribution in [1.29, 1.82) is 0 Å². The van der Waals surface area contributed by atoms with Gasteiger partial charge in [-0.25, -0.2) is 4.79 Å². The van der Waals surface area contributed by atoms with Gasteiger partial charge in [0.25, 0.3) is 0 Å². The summed E-state index contributed by atoms with van der Waals surface area (Å²) >= 11 is 0. The van der Waals surface area contributed by atoms with Gasteiger partial charge in [-0.05, 0) is 61.8 Å². The van der Waals surface area contributed by atoms with Gasteiger partial charge in [-0.3, -0.25) is 4.98 Å². The van der Waals surface area contributed by atoms with Crippen LogP contribution in [0.3, 0.4) is 0 Å². The lowest BCUT2D eigenvalue weighted by Crippen LogP contribution is -2.31. The molecule has 1 aliphatic heterocycles. The molecule has 0 radical (unpaired) electrons. The summed E-state index contributed by atoms with van der Waals surface area (Å²) in [5.74, 6) is -0.439. The van der Waals surface area contributed by atoms with Crippen molar-refractivity contribution in [2.75, 3.05) is 20.1 Å². The number of pyridine rings is 1. The van der Waals surface area contributed by atoms with Crippen molar-refractivity contribution in [2.24, 2.45) is 0 Å². The first-order chi connectivity index (χ1) is 10.6. The Morgan fingerprint density at radius 3 is 2.86 bits per heavy atom. The minimum atomic E-state index is -0.898. The zero-order valence-electron chi connectivity index (χ0n) is 12.7. The van der Waals surface area contributed by atoms with E-state index < -0.39 is 5.97 Å². The number of aromatic nitrogens is 1. The van der Waals surface area contributed by atoms with Crippen LogP contribution in [0.15, 0.2) is 42.6 Å². The number of carboxylic acid groups (broad SMARTS) is 1. The van der Waals surface area contributed by atoms with Crippen molar-refractivity contribution in [3.63, 3.8) is 0 Å². The molecular weight excluding hydrogens is 276 g/mol. The molecule has 114 valence electrons. The number of carbonyl (C=O) groups is 1. The first-order valence-electron chi connectivity index (χ1n) is 7.62. The van der Waals surface area contributed by atoms with Crippen LogP contribution in [0.1, 0.15) is 34.8 Å². The van der Waals surface area contributed by atoms with E-state index in [4.69, 9.17) is 5.11 Å². The van der Waals surface area contributed by atoms with E-state index in [1.165, 1.54) is 6.42 Å². The van der Waals surface area contributed by atoms with Crippen LogP contribution in [-0.4, -0.2) is 41.1 Å². The van der Waals surface area contributed by atoms with Crippen molar-refractivity contribution >= 4 is 5.97 Å². The van der Waals surface area contributed by atoms with E-state index in [9.17, 15) is 4.79 Å². The van der Waals surface area contributed by atoms with Crippen LogP contribution < -0.4 is 0 Å². The summed E-state index contributed by atoms with van der Waals surface area (Å²) in [6.07, 6.45) is 4.18. The van der Waals surface area contributed by atoms with Gasteiger partial charge in [0.05, 0.1) is 5.56 Å². The van der Waals surface area contributed by atoms with Crippen molar-refractivity contribution < 1.29 is 9.90 Å². The van der Waals surface area contributed by atoms with Crippen LogP contribution >= 0.6 is 0 Å². The fourth-order valence-corrected chi connectivity index (χ4v) is 3.09. The maximum Gasteiger partial charge on any atom is 0.335 e. The van der Waals surface area contributed by atoms with Crippen LogP contribution in [0.25, 0.3) is 11.1 Å². The minimum Gasteiger partial charge on any atom is -0.478 e. The molecule has 0 spiro atoms. The topological polar surface area (TPSA) is 53.4 Å². The van der Waals surface area contributed by atoms with Crippen molar-refractivity contribution in [1.82, 2.24) is 9.88 Å². The van der Waals surface area contributed by atoms with Crippen molar-refractivity contribution in [2.45, 2.75) is 18.8 Å². The van der Waals surface area contributed by atoms with E-state index in [0.717, 1.165) is 36.3 Å². The number of hydrogen-bond donors (Lipinski definition) is 1. The van der Waals surface area contributed by atoms with Crippen LogP contribution in [0.5, 0.6) is 0 Å². The molecular formula is C18H20N2O2. The molecule has 0 amide bonds. The Labute approximate surface area is 130 Å². The maximum atomic E-state index is 11.1. The highest BCUT2D eigenvalue weighted by Gasteiger charge is 2.20. The van der Waals surface area contributed by atoms with Crippen molar-refractivity contribution in [3.05, 3.63) is 53.9 Å². The molecule has 1 aromatic heterocycles. The average molecular weight is 296 g/mol. The van der Waals surface area contributed by atoms with Gasteiger partial charge in [0.15, 0.2) is 0 Å². The monoisotopic (exact) mass is 296 g/mol. The van der Waals surface area contributed by atoms with E-state index >= 15 is 0 Å². The minimum absolute atomic E-state index is 0.313. The molecule has 4 heteroatoms. The number of carboxylic acids is 1. The summed E-state index contributed by atoms with van der Waals surface area (Å²) in [7, 11) is 2.15. The molecule has 1 saturated heterocycles. The fourth-order valence-electron chi connectivity index (χ4n) is 3.09. The van der Waals surface area contributed by atoms with E-state index in [0.29, 0.717) is 11.5 Å². The summed E-state index contributed by atoms with van der Waals surface area (Å²) in [5.41, 5.74) is 3.37. The zero-order chi connectivity index (χ0) is 15.5. The Hall–Kier alpha value is -2.20. The second-order valence-corrected chi connectivity index (χ2v) is 5.96. The maximum absolute atomic E-state index is 11.1. The Balaban J connectivity index is 1.90.